The van der Waals surface area contributed by atoms with Gasteiger partial charge in [-0.25, -0.2) is 17.9 Å². The lowest BCUT2D eigenvalue weighted by atomic mass is 10.1. The molecule has 1 rings (SSSR count). The van der Waals surface area contributed by atoms with E-state index in [1.807, 2.05) is 0 Å². The van der Waals surface area contributed by atoms with E-state index in [0.717, 1.165) is 5.56 Å². The first-order valence-electron chi connectivity index (χ1n) is 6.50. The van der Waals surface area contributed by atoms with Crippen LogP contribution in [0, 0.1) is 0 Å². The summed E-state index contributed by atoms with van der Waals surface area (Å²) in [6, 6.07) is 6.27. The van der Waals surface area contributed by atoms with Crippen LogP contribution in [0.1, 0.15) is 18.1 Å². The lowest BCUT2D eigenvalue weighted by Gasteiger charge is -2.12. The Bertz CT molecular complexity index is 557. The highest BCUT2D eigenvalue weighted by Crippen LogP contribution is 2.07. The summed E-state index contributed by atoms with van der Waals surface area (Å²) < 4.78 is 25.1. The van der Waals surface area contributed by atoms with Gasteiger partial charge in [0.2, 0.25) is 10.0 Å². The maximum Gasteiger partial charge on any atom is 0.315 e. The second-order valence-corrected chi connectivity index (χ2v) is 6.62. The molecule has 4 N–H and O–H groups in total. The van der Waals surface area contributed by atoms with Gasteiger partial charge in [0.25, 0.3) is 0 Å². The standard InChI is InChI=1S/C13H21N3O4S/c1-10(8-17)16-13(18)15-7-11-3-5-12(6-4-11)9-21(19,20)14-2/h3-6,10,14,17H,7-9H2,1-2H3,(H2,15,16,18)/t10-/m1/s1. The van der Waals surface area contributed by atoms with Gasteiger partial charge in [0, 0.05) is 6.54 Å². The number of benzene rings is 1. The van der Waals surface area contributed by atoms with Crippen LogP contribution in [-0.4, -0.2) is 39.3 Å². The molecule has 7 nitrogen and oxygen atoms in total. The van der Waals surface area contributed by atoms with Crippen LogP contribution in [0.25, 0.3) is 0 Å². The minimum atomic E-state index is -3.28. The number of amides is 2. The Morgan fingerprint density at radius 3 is 2.33 bits per heavy atom. The minimum Gasteiger partial charge on any atom is -0.394 e. The van der Waals surface area contributed by atoms with E-state index < -0.39 is 10.0 Å². The number of sulfonamides is 1. The third kappa shape index (κ3) is 6.56. The van der Waals surface area contributed by atoms with Gasteiger partial charge < -0.3 is 15.7 Å². The van der Waals surface area contributed by atoms with Crippen molar-refractivity contribution in [3.8, 4) is 0 Å². The van der Waals surface area contributed by atoms with E-state index in [1.54, 1.807) is 31.2 Å². The van der Waals surface area contributed by atoms with Gasteiger partial charge >= 0.3 is 6.03 Å². The maximum atomic E-state index is 11.5. The molecule has 0 heterocycles. The average molecular weight is 315 g/mol. The summed E-state index contributed by atoms with van der Waals surface area (Å²) in [4.78, 5) is 11.5. The van der Waals surface area contributed by atoms with Crippen LogP contribution in [0.15, 0.2) is 24.3 Å². The van der Waals surface area contributed by atoms with E-state index in [1.165, 1.54) is 7.05 Å². The van der Waals surface area contributed by atoms with Crippen LogP contribution >= 0.6 is 0 Å². The van der Waals surface area contributed by atoms with Gasteiger partial charge in [-0.15, -0.1) is 0 Å². The SMILES string of the molecule is CNS(=O)(=O)Cc1ccc(CNC(=O)N[C@H](C)CO)cc1. The maximum absolute atomic E-state index is 11.5. The number of aliphatic hydroxyl groups is 1. The summed E-state index contributed by atoms with van der Waals surface area (Å²) in [5.74, 6) is -0.0777. The van der Waals surface area contributed by atoms with Gasteiger partial charge in [-0.05, 0) is 25.1 Å². The van der Waals surface area contributed by atoms with Crippen molar-refractivity contribution in [2.24, 2.45) is 0 Å². The van der Waals surface area contributed by atoms with Crippen molar-refractivity contribution < 1.29 is 18.3 Å². The summed E-state index contributed by atoms with van der Waals surface area (Å²) in [7, 11) is -1.91. The van der Waals surface area contributed by atoms with E-state index in [9.17, 15) is 13.2 Å². The molecule has 0 bridgehead atoms. The van der Waals surface area contributed by atoms with E-state index in [2.05, 4.69) is 15.4 Å². The van der Waals surface area contributed by atoms with E-state index in [-0.39, 0.29) is 24.4 Å². The molecule has 21 heavy (non-hydrogen) atoms. The Labute approximate surface area is 124 Å². The van der Waals surface area contributed by atoms with Gasteiger partial charge in [0.05, 0.1) is 18.4 Å². The highest BCUT2D eigenvalue weighted by Gasteiger charge is 2.08. The molecule has 2 amide bonds. The molecule has 0 saturated heterocycles. The fraction of sp³-hybridized carbons (Fsp3) is 0.462. The number of carbonyl (C=O) groups excluding carboxylic acids is 1. The zero-order valence-corrected chi connectivity index (χ0v) is 12.9. The lowest BCUT2D eigenvalue weighted by Crippen LogP contribution is -2.41. The zero-order chi connectivity index (χ0) is 15.9. The Morgan fingerprint density at radius 1 is 1.24 bits per heavy atom. The molecule has 0 fully saturated rings. The molecule has 0 aromatic heterocycles. The third-order valence-electron chi connectivity index (χ3n) is 2.80. The van der Waals surface area contributed by atoms with Crippen molar-refractivity contribution in [1.29, 1.82) is 0 Å². The van der Waals surface area contributed by atoms with Gasteiger partial charge in [-0.1, -0.05) is 24.3 Å². The van der Waals surface area contributed by atoms with Gasteiger partial charge in [-0.3, -0.25) is 0 Å². The molecule has 1 aromatic carbocycles. The van der Waals surface area contributed by atoms with Crippen LogP contribution in [0.2, 0.25) is 0 Å². The van der Waals surface area contributed by atoms with Crippen molar-refractivity contribution in [3.05, 3.63) is 35.4 Å². The Balaban J connectivity index is 2.50. The molecule has 0 aliphatic rings. The number of urea groups is 1. The molecule has 0 radical (unpaired) electrons. The van der Waals surface area contributed by atoms with Crippen LogP contribution < -0.4 is 15.4 Å². The lowest BCUT2D eigenvalue weighted by molar-refractivity contribution is 0.220. The summed E-state index contributed by atoms with van der Waals surface area (Å²) in [6.07, 6.45) is 0. The van der Waals surface area contributed by atoms with Crippen LogP contribution in [0.5, 0.6) is 0 Å². The van der Waals surface area contributed by atoms with Crippen LogP contribution in [-0.2, 0) is 22.3 Å². The van der Waals surface area contributed by atoms with E-state index >= 15 is 0 Å². The highest BCUT2D eigenvalue weighted by molar-refractivity contribution is 7.88. The molecule has 0 spiro atoms. The van der Waals surface area contributed by atoms with E-state index in [4.69, 9.17) is 5.11 Å². The second kappa shape index (κ2) is 7.96. The summed E-state index contributed by atoms with van der Waals surface area (Å²) in [5.41, 5.74) is 1.53. The second-order valence-electron chi connectivity index (χ2n) is 4.69. The number of hydrogen-bond acceptors (Lipinski definition) is 4. The smallest absolute Gasteiger partial charge is 0.315 e. The summed E-state index contributed by atoms with van der Waals surface area (Å²) in [6.45, 7) is 1.89. The summed E-state index contributed by atoms with van der Waals surface area (Å²) in [5, 5.41) is 14.0. The molecular formula is C13H21N3O4S. The predicted molar refractivity (Wildman–Crippen MR) is 80.0 cm³/mol. The fourth-order valence-corrected chi connectivity index (χ4v) is 2.32. The number of rotatable bonds is 7. The Hall–Kier alpha value is -1.64. The monoisotopic (exact) mass is 315 g/mol. The molecule has 0 saturated carbocycles. The Kier molecular flexibility index (Phi) is 6.60. The van der Waals surface area contributed by atoms with E-state index in [0.29, 0.717) is 12.1 Å². The number of hydrogen-bond donors (Lipinski definition) is 4. The normalized spacial score (nSPS) is 12.7. The molecule has 0 aliphatic heterocycles. The molecule has 8 heteroatoms. The third-order valence-corrected chi connectivity index (χ3v) is 4.13. The zero-order valence-electron chi connectivity index (χ0n) is 12.1. The molecule has 0 aliphatic carbocycles. The van der Waals surface area contributed by atoms with Crippen molar-refractivity contribution in [3.63, 3.8) is 0 Å². The predicted octanol–water partition coefficient (Wildman–Crippen LogP) is -0.0842. The molecule has 1 aromatic rings. The largest absolute Gasteiger partial charge is 0.394 e. The van der Waals surface area contributed by atoms with Crippen molar-refractivity contribution in [1.82, 2.24) is 15.4 Å². The minimum absolute atomic E-state index is 0.0777. The molecule has 118 valence electrons. The molecular weight excluding hydrogens is 294 g/mol. The van der Waals surface area contributed by atoms with Crippen LogP contribution in [0.4, 0.5) is 4.79 Å². The van der Waals surface area contributed by atoms with Crippen LogP contribution in [0.3, 0.4) is 0 Å². The molecule has 0 unspecified atom stereocenters. The first kappa shape index (κ1) is 17.4. The number of aliphatic hydroxyl groups excluding tert-OH is 1. The summed E-state index contributed by atoms with van der Waals surface area (Å²) >= 11 is 0. The quantitative estimate of drug-likeness (QED) is 0.564. The first-order chi connectivity index (χ1) is 9.86. The molecule has 1 atom stereocenters. The highest BCUT2D eigenvalue weighted by atomic mass is 32.2. The van der Waals surface area contributed by atoms with Crippen molar-refractivity contribution in [2.45, 2.75) is 25.3 Å². The topological polar surface area (TPSA) is 108 Å². The first-order valence-corrected chi connectivity index (χ1v) is 8.16. The fourth-order valence-electron chi connectivity index (χ4n) is 1.55. The van der Waals surface area contributed by atoms with Crippen molar-refractivity contribution >= 4 is 16.1 Å². The van der Waals surface area contributed by atoms with Gasteiger partial charge in [0.1, 0.15) is 0 Å². The number of nitrogens with one attached hydrogen (secondary N) is 3. The average Bonchev–Trinajstić information content (AvgIpc) is 2.46. The number of carbonyl (C=O) groups is 1. The van der Waals surface area contributed by atoms with Crippen molar-refractivity contribution in [2.75, 3.05) is 13.7 Å². The van der Waals surface area contributed by atoms with Gasteiger partial charge in [-0.2, -0.15) is 0 Å². The Morgan fingerprint density at radius 2 is 1.81 bits per heavy atom. The van der Waals surface area contributed by atoms with Gasteiger partial charge in [0.15, 0.2) is 0 Å².